The Bertz CT molecular complexity index is 1310. The lowest BCUT2D eigenvalue weighted by atomic mass is 9.50. The van der Waals surface area contributed by atoms with Crippen LogP contribution in [-0.2, 0) is 23.9 Å². The van der Waals surface area contributed by atoms with Gasteiger partial charge in [0.15, 0.2) is 11.4 Å². The third kappa shape index (κ3) is 5.52. The van der Waals surface area contributed by atoms with Crippen molar-refractivity contribution in [3.8, 4) is 5.75 Å². The number of ether oxygens (including phenoxy) is 3. The molecule has 7 nitrogen and oxygen atoms in total. The van der Waals surface area contributed by atoms with Crippen molar-refractivity contribution in [3.63, 3.8) is 0 Å². The summed E-state index contributed by atoms with van der Waals surface area (Å²) in [4.78, 5) is 41.2. The van der Waals surface area contributed by atoms with Gasteiger partial charge in [0, 0.05) is 38.3 Å². The van der Waals surface area contributed by atoms with Crippen LogP contribution in [-0.4, -0.2) is 68.0 Å². The molecule has 0 unspecified atom stereocenters. The van der Waals surface area contributed by atoms with E-state index in [-0.39, 0.29) is 35.9 Å². The van der Waals surface area contributed by atoms with Crippen LogP contribution in [0.1, 0.15) is 89.5 Å². The lowest BCUT2D eigenvalue weighted by molar-refractivity contribution is -0.185. The van der Waals surface area contributed by atoms with Gasteiger partial charge < -0.3 is 14.2 Å². The predicted molar refractivity (Wildman–Crippen MR) is 164 cm³/mol. The van der Waals surface area contributed by atoms with Crippen molar-refractivity contribution in [3.05, 3.63) is 52.6 Å². The SMILES string of the molecule is COCC(=O)[C@@]1(OC(C)=O)CC[C@H]2[C@@H]3CCC4=CC(=O)CCC4=C3[C@@H](c3ccc(OCCN4CCCCC4)cc3)C[C@@]21C. The molecule has 0 bridgehead atoms. The van der Waals surface area contributed by atoms with E-state index in [0.717, 1.165) is 51.1 Å². The van der Waals surface area contributed by atoms with Crippen LogP contribution < -0.4 is 4.74 Å². The van der Waals surface area contributed by atoms with E-state index in [2.05, 4.69) is 36.1 Å². The monoisotopic (exact) mass is 589 g/mol. The first-order chi connectivity index (χ1) is 20.8. The molecule has 0 amide bonds. The molecule has 6 rings (SSSR count). The van der Waals surface area contributed by atoms with E-state index in [1.807, 2.05) is 6.08 Å². The van der Waals surface area contributed by atoms with Crippen molar-refractivity contribution in [2.75, 3.05) is 40.0 Å². The van der Waals surface area contributed by atoms with Crippen LogP contribution in [0.4, 0.5) is 0 Å². The van der Waals surface area contributed by atoms with Crippen molar-refractivity contribution in [2.24, 2.45) is 17.3 Å². The fraction of sp³-hybridized carbons (Fsp3) is 0.639. The molecule has 0 aromatic heterocycles. The fourth-order valence-electron chi connectivity index (χ4n) is 9.39. The van der Waals surface area contributed by atoms with Gasteiger partial charge in [-0.25, -0.2) is 0 Å². The van der Waals surface area contributed by atoms with E-state index in [4.69, 9.17) is 14.2 Å². The summed E-state index contributed by atoms with van der Waals surface area (Å²) in [5, 5.41) is 0. The first-order valence-electron chi connectivity index (χ1n) is 16.4. The number of carbonyl (C=O) groups is 3. The third-order valence-electron chi connectivity index (χ3n) is 11.3. The van der Waals surface area contributed by atoms with Gasteiger partial charge in [0.05, 0.1) is 0 Å². The smallest absolute Gasteiger partial charge is 0.303 e. The number of fused-ring (bicyclic) bond motifs is 4. The third-order valence-corrected chi connectivity index (χ3v) is 11.3. The molecule has 2 saturated carbocycles. The minimum Gasteiger partial charge on any atom is -0.492 e. The van der Waals surface area contributed by atoms with Gasteiger partial charge >= 0.3 is 5.97 Å². The molecule has 232 valence electrons. The molecule has 5 atom stereocenters. The van der Waals surface area contributed by atoms with Crippen LogP contribution in [0.5, 0.6) is 5.75 Å². The van der Waals surface area contributed by atoms with Gasteiger partial charge in [-0.05, 0) is 111 Å². The molecular formula is C36H47NO6. The van der Waals surface area contributed by atoms with Gasteiger partial charge in [-0.3, -0.25) is 19.3 Å². The number of hydrogen-bond acceptors (Lipinski definition) is 7. The second kappa shape index (κ2) is 12.3. The van der Waals surface area contributed by atoms with Gasteiger partial charge in [-0.15, -0.1) is 0 Å². The quantitative estimate of drug-likeness (QED) is 0.328. The highest BCUT2D eigenvalue weighted by molar-refractivity contribution is 5.93. The topological polar surface area (TPSA) is 82.1 Å². The number of esters is 1. The predicted octanol–water partition coefficient (Wildman–Crippen LogP) is 5.97. The molecule has 1 aromatic carbocycles. The normalized spacial score (nSPS) is 32.4. The summed E-state index contributed by atoms with van der Waals surface area (Å²) in [6.45, 7) is 7.46. The zero-order valence-electron chi connectivity index (χ0n) is 26.1. The zero-order valence-corrected chi connectivity index (χ0v) is 26.1. The Morgan fingerprint density at radius 3 is 2.51 bits per heavy atom. The average Bonchev–Trinajstić information content (AvgIpc) is 3.29. The molecule has 1 aromatic rings. The van der Waals surface area contributed by atoms with Crippen molar-refractivity contribution in [2.45, 2.75) is 89.6 Å². The maximum absolute atomic E-state index is 13.8. The van der Waals surface area contributed by atoms with Gasteiger partial charge in [0.2, 0.25) is 5.78 Å². The Hall–Kier alpha value is -2.77. The Morgan fingerprint density at radius 1 is 1.02 bits per heavy atom. The summed E-state index contributed by atoms with van der Waals surface area (Å²) in [5.74, 6) is 1.08. The van der Waals surface area contributed by atoms with Gasteiger partial charge in [-0.1, -0.05) is 31.1 Å². The zero-order chi connectivity index (χ0) is 30.2. The highest BCUT2D eigenvalue weighted by Crippen LogP contribution is 2.67. The molecular weight excluding hydrogens is 542 g/mol. The number of likely N-dealkylation sites (tertiary alicyclic amines) is 1. The lowest BCUT2D eigenvalue weighted by Crippen LogP contribution is -2.58. The van der Waals surface area contributed by atoms with Crippen molar-refractivity contribution < 1.29 is 28.6 Å². The van der Waals surface area contributed by atoms with E-state index >= 15 is 0 Å². The fourth-order valence-corrected chi connectivity index (χ4v) is 9.39. The standard InChI is InChI=1S/C36H47NO6/c1-24(38)43-36(33(40)23-41-3)16-15-32-30-13-9-26-21-27(39)10-14-29(26)34(30)31(22-35(32,36)2)25-7-11-28(12-8-25)42-20-19-37-17-5-4-6-18-37/h7-8,11-12,21,30-32H,4-6,9-10,13-20,22-23H2,1-3H3/t30-,31+,32-,35-,36-/m0/s1. The van der Waals surface area contributed by atoms with E-state index in [9.17, 15) is 14.4 Å². The largest absolute Gasteiger partial charge is 0.492 e. The number of piperidine rings is 1. The van der Waals surface area contributed by atoms with Gasteiger partial charge in [0.25, 0.3) is 0 Å². The molecule has 7 heteroatoms. The number of rotatable bonds is 9. The van der Waals surface area contributed by atoms with Crippen molar-refractivity contribution in [1.29, 1.82) is 0 Å². The Kier molecular flexibility index (Phi) is 8.67. The van der Waals surface area contributed by atoms with E-state index in [1.54, 1.807) is 0 Å². The summed E-state index contributed by atoms with van der Waals surface area (Å²) in [5.41, 5.74) is 3.46. The van der Waals surface area contributed by atoms with Crippen LogP contribution in [0.15, 0.2) is 47.1 Å². The van der Waals surface area contributed by atoms with Crippen LogP contribution in [0.25, 0.3) is 0 Å². The van der Waals surface area contributed by atoms with Gasteiger partial charge in [-0.2, -0.15) is 0 Å². The minimum atomic E-state index is -1.20. The van der Waals surface area contributed by atoms with Crippen molar-refractivity contribution >= 4 is 17.5 Å². The number of nitrogens with zero attached hydrogens (tertiary/aromatic N) is 1. The van der Waals surface area contributed by atoms with E-state index < -0.39 is 17.0 Å². The summed E-state index contributed by atoms with van der Waals surface area (Å²) in [6, 6.07) is 8.52. The lowest BCUT2D eigenvalue weighted by Gasteiger charge is -2.55. The van der Waals surface area contributed by atoms with Crippen LogP contribution in [0.3, 0.4) is 0 Å². The number of Topliss-reactive ketones (excluding diaryl/α,β-unsaturated/α-hetero) is 1. The molecule has 1 heterocycles. The highest BCUT2D eigenvalue weighted by atomic mass is 16.6. The maximum Gasteiger partial charge on any atom is 0.303 e. The summed E-state index contributed by atoms with van der Waals surface area (Å²) >= 11 is 0. The second-order valence-corrected chi connectivity index (χ2v) is 13.6. The summed E-state index contributed by atoms with van der Waals surface area (Å²) in [6.07, 6.45) is 11.0. The molecule has 0 spiro atoms. The van der Waals surface area contributed by atoms with Gasteiger partial charge in [0.1, 0.15) is 19.0 Å². The van der Waals surface area contributed by atoms with Crippen LogP contribution in [0, 0.1) is 17.3 Å². The molecule has 0 radical (unpaired) electrons. The number of ketones is 2. The number of hydrogen-bond donors (Lipinski definition) is 0. The number of methoxy groups -OCH3 is 1. The molecule has 4 aliphatic carbocycles. The van der Waals surface area contributed by atoms with Crippen LogP contribution >= 0.6 is 0 Å². The molecule has 3 fully saturated rings. The minimum absolute atomic E-state index is 0.0592. The number of benzene rings is 1. The van der Waals surface area contributed by atoms with Crippen LogP contribution in [0.2, 0.25) is 0 Å². The molecule has 1 aliphatic heterocycles. The van der Waals surface area contributed by atoms with Crippen molar-refractivity contribution in [1.82, 2.24) is 4.90 Å². The first kappa shape index (κ1) is 30.3. The molecule has 0 N–H and O–H groups in total. The molecule has 43 heavy (non-hydrogen) atoms. The highest BCUT2D eigenvalue weighted by Gasteiger charge is 2.68. The molecule has 1 saturated heterocycles. The van der Waals surface area contributed by atoms with E-state index in [1.165, 1.54) is 55.6 Å². The number of carbonyl (C=O) groups excluding carboxylic acids is 3. The Labute approximate surface area is 256 Å². The Balaban J connectivity index is 1.35. The first-order valence-corrected chi connectivity index (χ1v) is 16.4. The molecule has 5 aliphatic rings. The maximum atomic E-state index is 13.8. The number of allylic oxidation sites excluding steroid dienone is 4. The Morgan fingerprint density at radius 2 is 1.79 bits per heavy atom. The summed E-state index contributed by atoms with van der Waals surface area (Å²) in [7, 11) is 1.52. The van der Waals surface area contributed by atoms with E-state index in [0.29, 0.717) is 25.9 Å². The summed E-state index contributed by atoms with van der Waals surface area (Å²) < 4.78 is 17.6. The second-order valence-electron chi connectivity index (χ2n) is 13.6. The average molecular weight is 590 g/mol.